The van der Waals surface area contributed by atoms with Crippen LogP contribution in [0.2, 0.25) is 0 Å². The molecule has 0 unspecified atom stereocenters. The molecule has 1 rings (SSSR count). The van der Waals surface area contributed by atoms with Crippen molar-refractivity contribution in [2.24, 2.45) is 5.92 Å². The van der Waals surface area contributed by atoms with E-state index in [0.29, 0.717) is 0 Å². The summed E-state index contributed by atoms with van der Waals surface area (Å²) in [6.07, 6.45) is 3.89. The lowest BCUT2D eigenvalue weighted by Crippen LogP contribution is -2.57. The molecule has 2 N–H and O–H groups in total. The Morgan fingerprint density at radius 2 is 1.94 bits per heavy atom. The number of nitrogens with one attached hydrogen (secondary N) is 1. The number of hydrogen-bond acceptors (Lipinski definition) is 2. The van der Waals surface area contributed by atoms with Gasteiger partial charge in [-0.3, -0.25) is 0 Å². The second-order valence-electron chi connectivity index (χ2n) is 6.44. The second kappa shape index (κ2) is 5.37. The largest absolute Gasteiger partial charge is 0.388 e. The van der Waals surface area contributed by atoms with Gasteiger partial charge in [-0.05, 0) is 39.5 Å². The van der Waals surface area contributed by atoms with Gasteiger partial charge in [0, 0.05) is 6.04 Å². The minimum Gasteiger partial charge on any atom is -0.388 e. The van der Waals surface area contributed by atoms with E-state index < -0.39 is 16.6 Å². The Kier molecular flexibility index (Phi) is 4.78. The van der Waals surface area contributed by atoms with E-state index in [9.17, 15) is 9.32 Å². The highest BCUT2D eigenvalue weighted by atomic mass is 32.2. The van der Waals surface area contributed by atoms with Crippen LogP contribution < -0.4 is 4.72 Å². The van der Waals surface area contributed by atoms with Gasteiger partial charge in [0.2, 0.25) is 0 Å². The summed E-state index contributed by atoms with van der Waals surface area (Å²) in [6, 6.07) is -0.0451. The molecule has 0 aromatic carbocycles. The second-order valence-corrected chi connectivity index (χ2v) is 8.44. The molecule has 1 fully saturated rings. The maximum atomic E-state index is 12.1. The average Bonchev–Trinajstić information content (AvgIpc) is 2.19. The van der Waals surface area contributed by atoms with Crippen molar-refractivity contribution in [2.45, 2.75) is 76.7 Å². The lowest BCUT2D eigenvalue weighted by atomic mass is 9.74. The van der Waals surface area contributed by atoms with E-state index in [4.69, 9.17) is 0 Å². The molecule has 1 saturated carbocycles. The van der Waals surface area contributed by atoms with Crippen molar-refractivity contribution in [3.05, 3.63) is 0 Å². The van der Waals surface area contributed by atoms with Crippen molar-refractivity contribution in [3.8, 4) is 0 Å². The maximum absolute atomic E-state index is 12.1. The van der Waals surface area contributed by atoms with Crippen molar-refractivity contribution >= 4 is 11.0 Å². The zero-order valence-electron chi connectivity index (χ0n) is 11.7. The first-order valence-corrected chi connectivity index (χ1v) is 7.73. The fraction of sp³-hybridized carbons (Fsp3) is 1.00. The van der Waals surface area contributed by atoms with Crippen LogP contribution in [0.4, 0.5) is 0 Å². The Hall–Kier alpha value is 0.0700. The molecule has 0 aromatic heterocycles. The van der Waals surface area contributed by atoms with Crippen LogP contribution in [-0.2, 0) is 11.0 Å². The third-order valence-electron chi connectivity index (χ3n) is 3.73. The molecule has 0 saturated heterocycles. The summed E-state index contributed by atoms with van der Waals surface area (Å²) in [6.45, 7) is 9.94. The zero-order valence-corrected chi connectivity index (χ0v) is 12.6. The maximum Gasteiger partial charge on any atom is 0.0973 e. The highest BCUT2D eigenvalue weighted by Gasteiger charge is 2.42. The smallest absolute Gasteiger partial charge is 0.0973 e. The third-order valence-corrected chi connectivity index (χ3v) is 5.34. The summed E-state index contributed by atoms with van der Waals surface area (Å²) >= 11 is 0. The van der Waals surface area contributed by atoms with E-state index in [0.717, 1.165) is 25.7 Å². The van der Waals surface area contributed by atoms with Crippen LogP contribution in [0.25, 0.3) is 0 Å². The standard InChI is InChI=1S/C13H27NO2S/c1-10(2)13(15)9-7-6-8-11(13)14-17(16)12(3,4)5/h10-11,14-15H,6-9H2,1-5H3/t11-,13+,17+/m0/s1. The topological polar surface area (TPSA) is 49.3 Å². The summed E-state index contributed by atoms with van der Waals surface area (Å²) < 4.78 is 15.0. The Morgan fingerprint density at radius 3 is 2.41 bits per heavy atom. The Labute approximate surface area is 108 Å². The van der Waals surface area contributed by atoms with Gasteiger partial charge in [-0.2, -0.15) is 0 Å². The van der Waals surface area contributed by atoms with Crippen molar-refractivity contribution in [1.29, 1.82) is 0 Å². The van der Waals surface area contributed by atoms with Gasteiger partial charge in [-0.25, -0.2) is 8.93 Å². The normalized spacial score (nSPS) is 32.8. The van der Waals surface area contributed by atoms with Crippen LogP contribution in [0.3, 0.4) is 0 Å². The van der Waals surface area contributed by atoms with Crippen LogP contribution in [0, 0.1) is 5.92 Å². The molecule has 0 radical (unpaired) electrons. The van der Waals surface area contributed by atoms with E-state index in [2.05, 4.69) is 4.72 Å². The molecular formula is C13H27NO2S. The van der Waals surface area contributed by atoms with Crippen molar-refractivity contribution in [1.82, 2.24) is 4.72 Å². The third kappa shape index (κ3) is 3.52. The predicted octanol–water partition coefficient (Wildman–Crippen LogP) is 2.37. The predicted molar refractivity (Wildman–Crippen MR) is 73.1 cm³/mol. The van der Waals surface area contributed by atoms with Gasteiger partial charge in [-0.1, -0.05) is 26.7 Å². The average molecular weight is 261 g/mol. The molecule has 3 nitrogen and oxygen atoms in total. The van der Waals surface area contributed by atoms with Crippen molar-refractivity contribution < 1.29 is 9.32 Å². The van der Waals surface area contributed by atoms with E-state index in [1.807, 2.05) is 34.6 Å². The molecule has 3 atom stereocenters. The molecule has 0 amide bonds. The van der Waals surface area contributed by atoms with E-state index in [-0.39, 0.29) is 16.7 Å². The zero-order chi connectivity index (χ0) is 13.3. The van der Waals surface area contributed by atoms with Crippen LogP contribution in [0.15, 0.2) is 0 Å². The molecule has 4 heteroatoms. The lowest BCUT2D eigenvalue weighted by Gasteiger charge is -2.43. The summed E-state index contributed by atoms with van der Waals surface area (Å²) in [5, 5.41) is 10.7. The molecule has 0 bridgehead atoms. The molecule has 0 heterocycles. The number of aliphatic hydroxyl groups is 1. The fourth-order valence-corrected chi connectivity index (χ4v) is 3.27. The van der Waals surface area contributed by atoms with Crippen LogP contribution in [0.1, 0.15) is 60.3 Å². The van der Waals surface area contributed by atoms with Gasteiger partial charge in [0.05, 0.1) is 21.3 Å². The van der Waals surface area contributed by atoms with Gasteiger partial charge in [0.1, 0.15) is 0 Å². The number of rotatable bonds is 3. The lowest BCUT2D eigenvalue weighted by molar-refractivity contribution is -0.0576. The minimum atomic E-state index is -1.11. The summed E-state index contributed by atoms with van der Waals surface area (Å²) in [5.41, 5.74) is -0.709. The quantitative estimate of drug-likeness (QED) is 0.819. The molecular weight excluding hydrogens is 234 g/mol. The Bertz CT molecular complexity index is 286. The fourth-order valence-electron chi connectivity index (χ4n) is 2.34. The molecule has 0 spiro atoms. The van der Waals surface area contributed by atoms with E-state index in [1.165, 1.54) is 0 Å². The highest BCUT2D eigenvalue weighted by Crippen LogP contribution is 2.35. The van der Waals surface area contributed by atoms with Crippen molar-refractivity contribution in [3.63, 3.8) is 0 Å². The SMILES string of the molecule is CC(C)[C@]1(O)CCCC[C@@H]1N[S@](=O)C(C)(C)C. The van der Waals surface area contributed by atoms with Crippen molar-refractivity contribution in [2.75, 3.05) is 0 Å². The van der Waals surface area contributed by atoms with Gasteiger partial charge in [-0.15, -0.1) is 0 Å². The van der Waals surface area contributed by atoms with Gasteiger partial charge in [0.15, 0.2) is 0 Å². The van der Waals surface area contributed by atoms with E-state index in [1.54, 1.807) is 0 Å². The monoisotopic (exact) mass is 261 g/mol. The summed E-state index contributed by atoms with van der Waals surface area (Å²) in [5.74, 6) is 0.192. The molecule has 17 heavy (non-hydrogen) atoms. The summed E-state index contributed by atoms with van der Waals surface area (Å²) in [7, 11) is -1.11. The molecule has 0 aliphatic heterocycles. The Morgan fingerprint density at radius 1 is 1.35 bits per heavy atom. The first-order valence-electron chi connectivity index (χ1n) is 6.58. The first kappa shape index (κ1) is 15.1. The Balaban J connectivity index is 2.77. The first-order chi connectivity index (χ1) is 7.68. The molecule has 1 aliphatic carbocycles. The number of hydrogen-bond donors (Lipinski definition) is 2. The molecule has 1 aliphatic rings. The molecule has 102 valence electrons. The van der Waals surface area contributed by atoms with Gasteiger partial charge >= 0.3 is 0 Å². The molecule has 0 aromatic rings. The van der Waals surface area contributed by atoms with Crippen LogP contribution in [0.5, 0.6) is 0 Å². The van der Waals surface area contributed by atoms with Crippen LogP contribution >= 0.6 is 0 Å². The highest BCUT2D eigenvalue weighted by molar-refractivity contribution is 7.84. The summed E-state index contributed by atoms with van der Waals surface area (Å²) in [4.78, 5) is 0. The van der Waals surface area contributed by atoms with Crippen LogP contribution in [-0.4, -0.2) is 25.7 Å². The van der Waals surface area contributed by atoms with Gasteiger partial charge in [0.25, 0.3) is 0 Å². The van der Waals surface area contributed by atoms with Gasteiger partial charge < -0.3 is 5.11 Å². The van der Waals surface area contributed by atoms with E-state index >= 15 is 0 Å². The minimum absolute atomic E-state index is 0.0451.